The van der Waals surface area contributed by atoms with Gasteiger partial charge in [0.05, 0.1) is 89.7 Å². The Bertz CT molecular complexity index is 7910. The second-order valence-electron chi connectivity index (χ2n) is 30.2. The van der Waals surface area contributed by atoms with Gasteiger partial charge >= 0.3 is 0 Å². The highest BCUT2D eigenvalue weighted by Crippen LogP contribution is 2.38. The van der Waals surface area contributed by atoms with Crippen molar-refractivity contribution < 1.29 is 0 Å². The lowest BCUT2D eigenvalue weighted by Crippen LogP contribution is -1.91. The van der Waals surface area contributed by atoms with E-state index in [1.54, 1.807) is 0 Å². The van der Waals surface area contributed by atoms with E-state index in [4.69, 9.17) is 39.9 Å². The van der Waals surface area contributed by atoms with Crippen LogP contribution in [0.5, 0.6) is 0 Å². The van der Waals surface area contributed by atoms with Gasteiger partial charge in [-0.15, -0.1) is 0 Å². The number of aromatic nitrogens is 8. The summed E-state index contributed by atoms with van der Waals surface area (Å²) in [6.07, 6.45) is 0. The summed E-state index contributed by atoms with van der Waals surface area (Å²) in [4.78, 5) is 41.2. The molecule has 23 rings (SSSR count). The third-order valence-electron chi connectivity index (χ3n) is 22.8. The van der Waals surface area contributed by atoms with Crippen molar-refractivity contribution in [3.8, 4) is 123 Å². The number of benzene rings is 15. The zero-order valence-electron chi connectivity index (χ0n) is 63.8. The predicted molar refractivity (Wildman–Crippen MR) is 490 cm³/mol. The van der Waals surface area contributed by atoms with Gasteiger partial charge in [0.1, 0.15) is 0 Å². The van der Waals surface area contributed by atoms with Crippen LogP contribution in [0.25, 0.3) is 232 Å². The van der Waals surface area contributed by atoms with E-state index in [1.165, 1.54) is 22.3 Å². The van der Waals surface area contributed by atoms with Crippen molar-refractivity contribution in [3.05, 3.63) is 413 Å². The van der Waals surface area contributed by atoms with Gasteiger partial charge in [0.15, 0.2) is 0 Å². The minimum absolute atomic E-state index is 0.908. The van der Waals surface area contributed by atoms with Crippen molar-refractivity contribution >= 4 is 109 Å². The van der Waals surface area contributed by atoms with Gasteiger partial charge in [-0.25, -0.2) is 39.9 Å². The van der Waals surface area contributed by atoms with Crippen molar-refractivity contribution in [1.82, 2.24) is 39.9 Å². The first-order valence-corrected chi connectivity index (χ1v) is 39.8. The average Bonchev–Trinajstić information content (AvgIpc) is 0.779. The number of rotatable bonds is 11. The Morgan fingerprint density at radius 1 is 0.102 bits per heavy atom. The van der Waals surface area contributed by atoms with Crippen LogP contribution in [0.3, 0.4) is 0 Å². The summed E-state index contributed by atoms with van der Waals surface area (Å²) in [5, 5.41) is 13.3. The molecule has 0 aliphatic rings. The summed E-state index contributed by atoms with van der Waals surface area (Å²) in [5.41, 5.74) is 30.5. The fourth-order valence-electron chi connectivity index (χ4n) is 16.4. The van der Waals surface area contributed by atoms with E-state index in [0.717, 1.165) is 210 Å². The number of hydrogen-bond acceptors (Lipinski definition) is 8. The summed E-state index contributed by atoms with van der Waals surface area (Å²) in [5.74, 6) is 0. The number of fused-ring (bicyclic) bond motifs is 12. The fraction of sp³-hybridized carbons (Fsp3) is 0. The molecule has 15 aromatic carbocycles. The maximum Gasteiger partial charge on any atom is 0.0972 e. The van der Waals surface area contributed by atoms with E-state index in [2.05, 4.69) is 364 Å². The molecule has 23 aromatic rings. The lowest BCUT2D eigenvalue weighted by atomic mass is 9.99. The minimum Gasteiger partial charge on any atom is -0.248 e. The highest BCUT2D eigenvalue weighted by molar-refractivity contribution is 6.07. The highest BCUT2D eigenvalue weighted by atomic mass is 14.8. The average molecular weight is 1500 g/mol. The molecular weight excluding hydrogens is 1430 g/mol. The van der Waals surface area contributed by atoms with Crippen molar-refractivity contribution in [3.63, 3.8) is 0 Å². The van der Waals surface area contributed by atoms with Crippen molar-refractivity contribution in [2.24, 2.45) is 0 Å². The molecule has 548 valence electrons. The van der Waals surface area contributed by atoms with E-state index in [9.17, 15) is 0 Å². The van der Waals surface area contributed by atoms with Crippen LogP contribution >= 0.6 is 0 Å². The fourth-order valence-corrected chi connectivity index (χ4v) is 16.4. The first-order chi connectivity index (χ1) is 58.3. The van der Waals surface area contributed by atoms with Crippen LogP contribution in [0.2, 0.25) is 0 Å². The minimum atomic E-state index is 0.908. The first kappa shape index (κ1) is 68.9. The maximum absolute atomic E-state index is 5.20. The summed E-state index contributed by atoms with van der Waals surface area (Å²) in [6.45, 7) is 0. The Labute approximate surface area is 680 Å². The number of hydrogen-bond donors (Lipinski definition) is 0. The van der Waals surface area contributed by atoms with E-state index in [0.29, 0.717) is 0 Å². The molecule has 8 aromatic heterocycles. The largest absolute Gasteiger partial charge is 0.248 e. The van der Waals surface area contributed by atoms with E-state index < -0.39 is 0 Å². The molecule has 0 atom stereocenters. The van der Waals surface area contributed by atoms with Crippen LogP contribution < -0.4 is 0 Å². The molecular formula is C110H68N8. The summed E-state index contributed by atoms with van der Waals surface area (Å²) in [6, 6.07) is 145. The standard InChI is InChI=1S/C58H36N4.C52H32N4/c1-3-7-37(8-4-1)38-11-13-39(14-12-38)47-19-15-41-26-30-53(60-55(41)35-47)50-22-16-42-25-29-52(59-56(42)36-50)48-23-20-46-34-49(24-21-45(46)33-48)54-32-28-44-18-17-43-27-31-51(40-9-5-2-6-10-40)61-57(43)58(44)62-54;1-3-7-33(8-4-1)41-15-11-35-22-26-47(54-49(35)31-41)44-18-12-36-21-25-46(53-50(36)32-44)42-19-16-40-30-43(20-17-39(40)29-42)48-28-24-38-14-13-37-23-27-45(34-9-5-2-6-10-34)55-51(37)52(38)56-48/h1-36H;1-32H. The molecule has 8 heterocycles. The Balaban J connectivity index is 0.000000143. The van der Waals surface area contributed by atoms with Gasteiger partial charge in [-0.1, -0.05) is 315 Å². The first-order valence-electron chi connectivity index (χ1n) is 39.8. The lowest BCUT2D eigenvalue weighted by molar-refractivity contribution is 1.37. The SMILES string of the molecule is c1ccc(-c2ccc(-c3ccc4ccc(-c5ccc6ccc(-c7ccc8cc(-c9ccc%10ccc%11ccc(-c%12ccccc%12)nc%11c%10n9)ccc8c7)nc6c5)nc4c3)cc2)cc1.c1ccc(-c2ccc3ccc(-c4ccc5ccc(-c6ccc7cc(-c8ccc9ccc%10ccc(-c%11ccccc%11)nc%10c9n8)ccc7c6)nc5c4)nc3c2)cc1. The molecule has 8 nitrogen and oxygen atoms in total. The normalized spacial score (nSPS) is 11.6. The Hall–Kier alpha value is -15.9. The molecule has 0 spiro atoms. The number of pyridine rings is 8. The van der Waals surface area contributed by atoms with Crippen molar-refractivity contribution in [2.75, 3.05) is 0 Å². The van der Waals surface area contributed by atoms with Crippen LogP contribution in [0.1, 0.15) is 0 Å². The van der Waals surface area contributed by atoms with Crippen molar-refractivity contribution in [2.45, 2.75) is 0 Å². The molecule has 0 saturated carbocycles. The topological polar surface area (TPSA) is 103 Å². The van der Waals surface area contributed by atoms with Gasteiger partial charge in [0.2, 0.25) is 0 Å². The Morgan fingerprint density at radius 3 is 0.559 bits per heavy atom. The molecule has 0 saturated heterocycles. The summed E-state index contributed by atoms with van der Waals surface area (Å²) < 4.78 is 0. The molecule has 0 N–H and O–H groups in total. The van der Waals surface area contributed by atoms with Crippen LogP contribution in [0, 0.1) is 0 Å². The molecule has 0 bridgehead atoms. The maximum atomic E-state index is 5.20. The Kier molecular flexibility index (Phi) is 17.1. The Morgan fingerprint density at radius 2 is 0.271 bits per heavy atom. The van der Waals surface area contributed by atoms with Gasteiger partial charge < -0.3 is 0 Å². The van der Waals surface area contributed by atoms with Gasteiger partial charge in [-0.3, -0.25) is 0 Å². The molecule has 0 aliphatic carbocycles. The molecule has 118 heavy (non-hydrogen) atoms. The molecule has 0 radical (unpaired) electrons. The lowest BCUT2D eigenvalue weighted by Gasteiger charge is -2.10. The van der Waals surface area contributed by atoms with Crippen LogP contribution in [-0.4, -0.2) is 39.9 Å². The third-order valence-corrected chi connectivity index (χ3v) is 22.8. The van der Waals surface area contributed by atoms with Gasteiger partial charge in [-0.2, -0.15) is 0 Å². The van der Waals surface area contributed by atoms with Gasteiger partial charge in [0.25, 0.3) is 0 Å². The third kappa shape index (κ3) is 13.3. The predicted octanol–water partition coefficient (Wildman–Crippen LogP) is 28.4. The van der Waals surface area contributed by atoms with Crippen LogP contribution in [0.15, 0.2) is 413 Å². The molecule has 0 unspecified atom stereocenters. The van der Waals surface area contributed by atoms with Crippen LogP contribution in [-0.2, 0) is 0 Å². The van der Waals surface area contributed by atoms with E-state index in [-0.39, 0.29) is 0 Å². The van der Waals surface area contributed by atoms with E-state index in [1.807, 2.05) is 48.5 Å². The molecule has 0 fully saturated rings. The van der Waals surface area contributed by atoms with Gasteiger partial charge in [0, 0.05) is 87.6 Å². The summed E-state index contributed by atoms with van der Waals surface area (Å²) >= 11 is 0. The monoisotopic (exact) mass is 1500 g/mol. The summed E-state index contributed by atoms with van der Waals surface area (Å²) in [7, 11) is 0. The van der Waals surface area contributed by atoms with Crippen LogP contribution in [0.4, 0.5) is 0 Å². The molecule has 8 heteroatoms. The zero-order chi connectivity index (χ0) is 78.0. The van der Waals surface area contributed by atoms with Crippen molar-refractivity contribution in [1.29, 1.82) is 0 Å². The number of nitrogens with zero attached hydrogens (tertiary/aromatic N) is 8. The second-order valence-corrected chi connectivity index (χ2v) is 30.2. The van der Waals surface area contributed by atoms with E-state index >= 15 is 0 Å². The molecule has 0 aliphatic heterocycles. The van der Waals surface area contributed by atoms with Gasteiger partial charge in [-0.05, 0) is 152 Å². The molecule has 0 amide bonds. The quantitative estimate of drug-likeness (QED) is 0.118. The zero-order valence-corrected chi connectivity index (χ0v) is 63.8. The highest BCUT2D eigenvalue weighted by Gasteiger charge is 2.17. The smallest absolute Gasteiger partial charge is 0.0972 e. The second kappa shape index (κ2) is 29.3.